The molecule has 1 aromatic carbocycles. The van der Waals surface area contributed by atoms with Gasteiger partial charge in [0.05, 0.1) is 35.4 Å². The molecule has 2 heterocycles. The summed E-state index contributed by atoms with van der Waals surface area (Å²) < 4.78 is 23.6. The number of nitriles is 1. The van der Waals surface area contributed by atoms with E-state index in [-0.39, 0.29) is 60.2 Å². The van der Waals surface area contributed by atoms with Gasteiger partial charge >= 0.3 is 0 Å². The van der Waals surface area contributed by atoms with Gasteiger partial charge in [-0.1, -0.05) is 13.0 Å². The Morgan fingerprint density at radius 2 is 1.79 bits per heavy atom. The lowest BCUT2D eigenvalue weighted by atomic mass is 9.98. The van der Waals surface area contributed by atoms with Gasteiger partial charge in [-0.3, -0.25) is 9.59 Å². The summed E-state index contributed by atoms with van der Waals surface area (Å²) in [4.78, 5) is 29.7. The Bertz CT molecular complexity index is 916. The lowest BCUT2D eigenvalue weighted by molar-refractivity contribution is -0.147. The van der Waals surface area contributed by atoms with Gasteiger partial charge in [-0.15, -0.1) is 0 Å². The topological polar surface area (TPSA) is 101 Å². The number of likely N-dealkylation sites (N-methyl/N-ethyl adjacent to an activating group) is 1. The predicted molar refractivity (Wildman–Crippen MR) is 125 cm³/mol. The highest BCUT2D eigenvalue weighted by atomic mass is 16.6. The molecule has 2 amide bonds. The fourth-order valence-electron chi connectivity index (χ4n) is 4.63. The summed E-state index contributed by atoms with van der Waals surface area (Å²) in [5, 5.41) is 9.66. The summed E-state index contributed by atoms with van der Waals surface area (Å²) in [6.07, 6.45) is 1.25. The number of hydrogen-bond acceptors (Lipinski definition) is 7. The van der Waals surface area contributed by atoms with Crippen LogP contribution in [0.4, 0.5) is 0 Å². The molecule has 1 fully saturated rings. The van der Waals surface area contributed by atoms with Crippen molar-refractivity contribution in [2.45, 2.75) is 50.6 Å². The van der Waals surface area contributed by atoms with Crippen molar-refractivity contribution in [1.82, 2.24) is 9.80 Å². The van der Waals surface area contributed by atoms with Gasteiger partial charge in [0.2, 0.25) is 5.91 Å². The van der Waals surface area contributed by atoms with Crippen LogP contribution in [0, 0.1) is 17.2 Å². The van der Waals surface area contributed by atoms with E-state index in [1.54, 1.807) is 44.3 Å². The van der Waals surface area contributed by atoms with Crippen molar-refractivity contribution in [3.05, 3.63) is 29.3 Å². The molecule has 0 N–H and O–H groups in total. The van der Waals surface area contributed by atoms with Crippen LogP contribution >= 0.6 is 0 Å². The van der Waals surface area contributed by atoms with Crippen molar-refractivity contribution in [1.29, 1.82) is 5.26 Å². The molecular formula is C25H35N3O6. The number of rotatable bonds is 2. The first-order valence-electron chi connectivity index (χ1n) is 11.7. The summed E-state index contributed by atoms with van der Waals surface area (Å²) in [5.74, 6) is -0.582. The Morgan fingerprint density at radius 1 is 1.06 bits per heavy atom. The van der Waals surface area contributed by atoms with Gasteiger partial charge < -0.3 is 28.7 Å². The van der Waals surface area contributed by atoms with Crippen molar-refractivity contribution in [3.63, 3.8) is 0 Å². The molecule has 5 atom stereocenters. The van der Waals surface area contributed by atoms with Gasteiger partial charge in [-0.05, 0) is 31.4 Å². The van der Waals surface area contributed by atoms with Crippen molar-refractivity contribution in [2.24, 2.45) is 5.92 Å². The second-order valence-corrected chi connectivity index (χ2v) is 9.05. The average Bonchev–Trinajstić information content (AvgIpc) is 2.86. The number of para-hydroxylation sites is 1. The quantitative estimate of drug-likeness (QED) is 0.648. The van der Waals surface area contributed by atoms with Crippen molar-refractivity contribution >= 4 is 11.8 Å². The van der Waals surface area contributed by atoms with E-state index >= 15 is 0 Å². The maximum atomic E-state index is 13.4. The molecule has 2 aliphatic heterocycles. The van der Waals surface area contributed by atoms with E-state index in [2.05, 4.69) is 6.07 Å². The van der Waals surface area contributed by atoms with E-state index in [4.69, 9.17) is 18.9 Å². The molecule has 0 unspecified atom stereocenters. The van der Waals surface area contributed by atoms with Crippen LogP contribution in [0.25, 0.3) is 0 Å². The number of benzene rings is 1. The fourth-order valence-corrected chi connectivity index (χ4v) is 4.63. The summed E-state index contributed by atoms with van der Waals surface area (Å²) in [6, 6.07) is 7.04. The van der Waals surface area contributed by atoms with Crippen molar-refractivity contribution < 1.29 is 28.5 Å². The molecule has 0 aliphatic carbocycles. The average molecular weight is 474 g/mol. The molecule has 2 aliphatic rings. The number of methoxy groups -OCH3 is 2. The number of carbonyl (C=O) groups excluding carboxylic acids is 2. The standard InChI is InChI=1S/C25H35N3O6/c1-16-21(32-5)14-28(3)25(30)19-8-6-7-17(13-26)23(19)33-15-22-20(31-4)10-9-18(34-22)11-12-27(2)24(16)29/h6-8,16,18,20-22H,9-12,14-15H2,1-5H3/t16-,18+,20+,21+,22+/m1/s1. The maximum absolute atomic E-state index is 13.4. The highest BCUT2D eigenvalue weighted by Crippen LogP contribution is 2.29. The molecule has 1 saturated heterocycles. The van der Waals surface area contributed by atoms with E-state index in [9.17, 15) is 14.9 Å². The lowest BCUT2D eigenvalue weighted by Crippen LogP contribution is -2.47. The van der Waals surface area contributed by atoms with Crippen LogP contribution in [-0.4, -0.2) is 94.0 Å². The lowest BCUT2D eigenvalue weighted by Gasteiger charge is -2.37. The zero-order valence-corrected chi connectivity index (χ0v) is 20.7. The molecule has 0 radical (unpaired) electrons. The number of hydrogen-bond donors (Lipinski definition) is 0. The van der Waals surface area contributed by atoms with E-state index in [1.807, 2.05) is 6.92 Å². The van der Waals surface area contributed by atoms with Crippen LogP contribution in [0.1, 0.15) is 42.1 Å². The minimum atomic E-state index is -0.488. The van der Waals surface area contributed by atoms with Crippen LogP contribution in [0.2, 0.25) is 0 Å². The van der Waals surface area contributed by atoms with Crippen LogP contribution in [0.5, 0.6) is 5.75 Å². The minimum Gasteiger partial charge on any atom is -0.489 e. The van der Waals surface area contributed by atoms with E-state index in [0.29, 0.717) is 13.0 Å². The van der Waals surface area contributed by atoms with Crippen LogP contribution in [0.3, 0.4) is 0 Å². The largest absolute Gasteiger partial charge is 0.489 e. The Kier molecular flexibility index (Phi) is 8.89. The summed E-state index contributed by atoms with van der Waals surface area (Å²) >= 11 is 0. The van der Waals surface area contributed by atoms with Gasteiger partial charge in [-0.2, -0.15) is 5.26 Å². The summed E-state index contributed by atoms with van der Waals surface area (Å²) in [6.45, 7) is 2.72. The summed E-state index contributed by atoms with van der Waals surface area (Å²) in [7, 11) is 6.61. The third kappa shape index (κ3) is 5.69. The van der Waals surface area contributed by atoms with Crippen LogP contribution in [0.15, 0.2) is 18.2 Å². The zero-order valence-electron chi connectivity index (χ0n) is 20.7. The second-order valence-electron chi connectivity index (χ2n) is 9.05. The monoisotopic (exact) mass is 473 g/mol. The maximum Gasteiger partial charge on any atom is 0.257 e. The molecule has 9 nitrogen and oxygen atoms in total. The van der Waals surface area contributed by atoms with Crippen molar-refractivity contribution in [2.75, 3.05) is 48.0 Å². The Hall–Kier alpha value is -2.67. The molecule has 9 heteroatoms. The molecule has 0 saturated carbocycles. The Balaban J connectivity index is 1.98. The van der Waals surface area contributed by atoms with E-state index < -0.39 is 12.0 Å². The SMILES string of the molecule is CO[C@H]1CC[C@H]2CCN(C)C(=O)[C@H](C)[C@@H](OC)CN(C)C(=O)c3cccc(C#N)c3OC[C@@H]1O2. The number of ether oxygens (including phenoxy) is 4. The van der Waals surface area contributed by atoms with E-state index in [1.165, 1.54) is 12.0 Å². The number of carbonyl (C=O) groups is 2. The van der Waals surface area contributed by atoms with Gasteiger partial charge in [0.1, 0.15) is 24.5 Å². The molecule has 34 heavy (non-hydrogen) atoms. The molecule has 0 aromatic heterocycles. The zero-order chi connectivity index (χ0) is 24.8. The molecule has 186 valence electrons. The van der Waals surface area contributed by atoms with Crippen molar-refractivity contribution in [3.8, 4) is 11.8 Å². The molecule has 2 bridgehead atoms. The first-order chi connectivity index (χ1) is 16.3. The molecular weight excluding hydrogens is 438 g/mol. The van der Waals surface area contributed by atoms with Crippen LogP contribution < -0.4 is 4.74 Å². The normalized spacial score (nSPS) is 29.2. The van der Waals surface area contributed by atoms with Gasteiger partial charge in [0.25, 0.3) is 5.91 Å². The molecule has 1 aromatic rings. The second kappa shape index (κ2) is 11.6. The first kappa shape index (κ1) is 25.9. The summed E-state index contributed by atoms with van der Waals surface area (Å²) in [5.41, 5.74) is 0.552. The van der Waals surface area contributed by atoms with E-state index in [0.717, 1.165) is 12.8 Å². The van der Waals surface area contributed by atoms with Crippen LogP contribution in [-0.2, 0) is 19.0 Å². The highest BCUT2D eigenvalue weighted by Gasteiger charge is 2.34. The molecule has 3 rings (SSSR count). The minimum absolute atomic E-state index is 0.0441. The number of amides is 2. The third-order valence-electron chi connectivity index (χ3n) is 6.83. The molecule has 0 spiro atoms. The number of fused-ring (bicyclic) bond motifs is 3. The fraction of sp³-hybridized carbons (Fsp3) is 0.640. The Labute approximate surface area is 201 Å². The van der Waals surface area contributed by atoms with Gasteiger partial charge in [0.15, 0.2) is 0 Å². The van der Waals surface area contributed by atoms with Gasteiger partial charge in [0, 0.05) is 41.4 Å². The van der Waals surface area contributed by atoms with Gasteiger partial charge in [-0.25, -0.2) is 0 Å². The number of nitrogens with zero attached hydrogens (tertiary/aromatic N) is 3. The highest BCUT2D eigenvalue weighted by molar-refractivity contribution is 5.97. The first-order valence-corrected chi connectivity index (χ1v) is 11.7. The Morgan fingerprint density at radius 3 is 2.47 bits per heavy atom. The third-order valence-corrected chi connectivity index (χ3v) is 6.83. The predicted octanol–water partition coefficient (Wildman–Crippen LogP) is 2.08. The smallest absolute Gasteiger partial charge is 0.257 e.